The highest BCUT2D eigenvalue weighted by atomic mass is 16.3. The summed E-state index contributed by atoms with van der Waals surface area (Å²) in [6.07, 6.45) is 4.27. The first-order valence-corrected chi connectivity index (χ1v) is 6.06. The fourth-order valence-corrected chi connectivity index (χ4v) is 3.65. The molecule has 0 aromatic carbocycles. The second kappa shape index (κ2) is 2.79. The topological polar surface area (TPSA) is 30.2 Å². The molecule has 0 bridgehead atoms. The highest BCUT2D eigenvalue weighted by Gasteiger charge is 2.60. The van der Waals surface area contributed by atoms with Crippen molar-refractivity contribution in [3.63, 3.8) is 0 Å². The van der Waals surface area contributed by atoms with E-state index in [1.807, 2.05) is 6.07 Å². The Labute approximate surface area is 96.0 Å². The Balaban J connectivity index is 2.15. The van der Waals surface area contributed by atoms with Gasteiger partial charge in [0.15, 0.2) is 0 Å². The molecule has 0 N–H and O–H groups in total. The van der Waals surface area contributed by atoms with Crippen LogP contribution in [0.2, 0.25) is 0 Å². The SMILES string of the molecule is C[C@@H]1CC(=O)[C@@]2(C)Cc3ccoc3C[C@@]12C. The molecule has 0 unspecified atom stereocenters. The van der Waals surface area contributed by atoms with Gasteiger partial charge in [-0.3, -0.25) is 4.79 Å². The first-order chi connectivity index (χ1) is 7.47. The van der Waals surface area contributed by atoms with Crippen molar-refractivity contribution >= 4 is 5.78 Å². The van der Waals surface area contributed by atoms with Crippen LogP contribution in [-0.2, 0) is 17.6 Å². The summed E-state index contributed by atoms with van der Waals surface area (Å²) in [4.78, 5) is 12.2. The molecule has 16 heavy (non-hydrogen) atoms. The molecule has 2 aliphatic rings. The van der Waals surface area contributed by atoms with Crippen LogP contribution < -0.4 is 0 Å². The van der Waals surface area contributed by atoms with Gasteiger partial charge < -0.3 is 4.42 Å². The molecule has 0 spiro atoms. The molecule has 86 valence electrons. The van der Waals surface area contributed by atoms with Crippen LogP contribution in [0.5, 0.6) is 0 Å². The number of carbonyl (C=O) groups excluding carboxylic acids is 1. The number of Topliss-reactive ketones (excluding diaryl/α,β-unsaturated/α-hetero) is 1. The standard InChI is InChI=1S/C14H18O2/c1-9-6-12(15)14(3)7-10-4-5-16-11(10)8-13(9,14)2/h4-5,9H,6-8H2,1-3H3/t9-,13+,14-/m1/s1. The Hall–Kier alpha value is -1.05. The molecule has 1 fully saturated rings. The van der Waals surface area contributed by atoms with Crippen LogP contribution >= 0.6 is 0 Å². The minimum atomic E-state index is -0.177. The van der Waals surface area contributed by atoms with E-state index in [9.17, 15) is 4.79 Å². The number of furan rings is 1. The number of rotatable bonds is 0. The predicted molar refractivity (Wildman–Crippen MR) is 61.1 cm³/mol. The quantitative estimate of drug-likeness (QED) is 0.670. The molecule has 0 radical (unpaired) electrons. The summed E-state index contributed by atoms with van der Waals surface area (Å²) < 4.78 is 5.55. The van der Waals surface area contributed by atoms with E-state index < -0.39 is 0 Å². The van der Waals surface area contributed by atoms with Gasteiger partial charge >= 0.3 is 0 Å². The monoisotopic (exact) mass is 218 g/mol. The first-order valence-electron chi connectivity index (χ1n) is 6.06. The molecular formula is C14H18O2. The van der Waals surface area contributed by atoms with Gasteiger partial charge in [0.25, 0.3) is 0 Å². The van der Waals surface area contributed by atoms with E-state index in [1.54, 1.807) is 6.26 Å². The van der Waals surface area contributed by atoms with Crippen LogP contribution in [0.15, 0.2) is 16.7 Å². The molecule has 1 saturated carbocycles. The summed E-state index contributed by atoms with van der Waals surface area (Å²) in [5.74, 6) is 2.00. The molecule has 0 saturated heterocycles. The van der Waals surface area contributed by atoms with Gasteiger partial charge in [0, 0.05) is 18.3 Å². The van der Waals surface area contributed by atoms with Crippen molar-refractivity contribution in [2.24, 2.45) is 16.7 Å². The summed E-state index contributed by atoms with van der Waals surface area (Å²) in [5.41, 5.74) is 1.14. The Morgan fingerprint density at radius 2 is 2.12 bits per heavy atom. The van der Waals surface area contributed by atoms with Crippen LogP contribution in [0.1, 0.15) is 38.5 Å². The van der Waals surface area contributed by atoms with Gasteiger partial charge in [0.05, 0.1) is 6.26 Å². The lowest BCUT2D eigenvalue weighted by Gasteiger charge is -2.45. The van der Waals surface area contributed by atoms with Gasteiger partial charge in [0.1, 0.15) is 11.5 Å². The van der Waals surface area contributed by atoms with Crippen molar-refractivity contribution in [1.82, 2.24) is 0 Å². The molecule has 1 heterocycles. The normalized spacial score (nSPS) is 41.9. The van der Waals surface area contributed by atoms with Crippen molar-refractivity contribution in [2.45, 2.75) is 40.0 Å². The zero-order valence-corrected chi connectivity index (χ0v) is 10.2. The van der Waals surface area contributed by atoms with E-state index in [2.05, 4.69) is 20.8 Å². The third-order valence-electron chi connectivity index (χ3n) is 5.36. The van der Waals surface area contributed by atoms with Crippen molar-refractivity contribution in [3.05, 3.63) is 23.7 Å². The number of hydrogen-bond donors (Lipinski definition) is 0. The third-order valence-corrected chi connectivity index (χ3v) is 5.36. The Kier molecular flexibility index (Phi) is 1.77. The molecule has 2 nitrogen and oxygen atoms in total. The number of ketones is 1. The fourth-order valence-electron chi connectivity index (χ4n) is 3.65. The highest BCUT2D eigenvalue weighted by Crippen LogP contribution is 2.59. The van der Waals surface area contributed by atoms with E-state index in [0.717, 1.165) is 25.0 Å². The smallest absolute Gasteiger partial charge is 0.139 e. The Morgan fingerprint density at radius 3 is 2.88 bits per heavy atom. The van der Waals surface area contributed by atoms with E-state index in [-0.39, 0.29) is 10.8 Å². The molecule has 3 atom stereocenters. The van der Waals surface area contributed by atoms with Crippen molar-refractivity contribution in [3.8, 4) is 0 Å². The van der Waals surface area contributed by atoms with E-state index >= 15 is 0 Å². The number of fused-ring (bicyclic) bond motifs is 2. The highest BCUT2D eigenvalue weighted by molar-refractivity contribution is 5.89. The molecule has 2 aliphatic carbocycles. The van der Waals surface area contributed by atoms with Crippen LogP contribution in [-0.4, -0.2) is 5.78 Å². The van der Waals surface area contributed by atoms with Gasteiger partial charge in [-0.05, 0) is 29.4 Å². The van der Waals surface area contributed by atoms with E-state index in [1.165, 1.54) is 5.56 Å². The fraction of sp³-hybridized carbons (Fsp3) is 0.643. The lowest BCUT2D eigenvalue weighted by molar-refractivity contribution is -0.129. The first kappa shape index (κ1) is 10.1. The maximum atomic E-state index is 12.2. The zero-order chi connectivity index (χ0) is 11.6. The second-order valence-corrected chi connectivity index (χ2v) is 6.00. The second-order valence-electron chi connectivity index (χ2n) is 6.00. The third kappa shape index (κ3) is 0.957. The minimum absolute atomic E-state index is 0.0783. The average molecular weight is 218 g/mol. The van der Waals surface area contributed by atoms with E-state index in [0.29, 0.717) is 11.7 Å². The van der Waals surface area contributed by atoms with Crippen LogP contribution in [0.4, 0.5) is 0 Å². The van der Waals surface area contributed by atoms with Gasteiger partial charge in [-0.1, -0.05) is 20.8 Å². The Morgan fingerprint density at radius 1 is 1.38 bits per heavy atom. The number of hydrogen-bond acceptors (Lipinski definition) is 2. The zero-order valence-electron chi connectivity index (χ0n) is 10.2. The Bertz CT molecular complexity index is 459. The summed E-state index contributed by atoms with van der Waals surface area (Å²) in [6.45, 7) is 6.61. The van der Waals surface area contributed by atoms with Crippen molar-refractivity contribution < 1.29 is 9.21 Å². The van der Waals surface area contributed by atoms with Gasteiger partial charge in [-0.15, -0.1) is 0 Å². The molecule has 1 aromatic heterocycles. The molecule has 3 rings (SSSR count). The molecule has 2 heteroatoms. The van der Waals surface area contributed by atoms with Gasteiger partial charge in [-0.25, -0.2) is 0 Å². The van der Waals surface area contributed by atoms with Gasteiger partial charge in [-0.2, -0.15) is 0 Å². The van der Waals surface area contributed by atoms with Crippen molar-refractivity contribution in [1.29, 1.82) is 0 Å². The summed E-state index contributed by atoms with van der Waals surface area (Å²) >= 11 is 0. The minimum Gasteiger partial charge on any atom is -0.469 e. The molecule has 0 amide bonds. The van der Waals surface area contributed by atoms with Crippen LogP contribution in [0.25, 0.3) is 0 Å². The van der Waals surface area contributed by atoms with Crippen LogP contribution in [0, 0.1) is 16.7 Å². The lowest BCUT2D eigenvalue weighted by atomic mass is 9.57. The lowest BCUT2D eigenvalue weighted by Crippen LogP contribution is -2.45. The molecule has 0 aliphatic heterocycles. The van der Waals surface area contributed by atoms with E-state index in [4.69, 9.17) is 4.42 Å². The molecule has 1 aromatic rings. The summed E-state index contributed by atoms with van der Waals surface area (Å²) in [7, 11) is 0. The predicted octanol–water partition coefficient (Wildman–Crippen LogP) is 3.00. The van der Waals surface area contributed by atoms with Gasteiger partial charge in [0.2, 0.25) is 0 Å². The van der Waals surface area contributed by atoms with Crippen LogP contribution in [0.3, 0.4) is 0 Å². The summed E-state index contributed by atoms with van der Waals surface area (Å²) in [5, 5.41) is 0. The summed E-state index contributed by atoms with van der Waals surface area (Å²) in [6, 6.07) is 2.02. The maximum absolute atomic E-state index is 12.2. The largest absolute Gasteiger partial charge is 0.469 e. The number of carbonyl (C=O) groups is 1. The molecular weight excluding hydrogens is 200 g/mol. The van der Waals surface area contributed by atoms with Crippen molar-refractivity contribution in [2.75, 3.05) is 0 Å². The average Bonchev–Trinajstić information content (AvgIpc) is 2.70. The maximum Gasteiger partial charge on any atom is 0.139 e.